The van der Waals surface area contributed by atoms with Crippen molar-refractivity contribution in [3.05, 3.63) is 34.4 Å². The molecule has 142 valence electrons. The predicted molar refractivity (Wildman–Crippen MR) is 99.0 cm³/mol. The van der Waals surface area contributed by atoms with Gasteiger partial charge in [-0.05, 0) is 12.1 Å². The number of rotatable bonds is 5. The Labute approximate surface area is 153 Å². The quantitative estimate of drug-likeness (QED) is 0.636. The minimum absolute atomic E-state index is 0.0301. The van der Waals surface area contributed by atoms with Crippen LogP contribution in [0.15, 0.2) is 24.3 Å². The zero-order valence-corrected chi connectivity index (χ0v) is 15.5. The van der Waals surface area contributed by atoms with E-state index in [-0.39, 0.29) is 17.5 Å². The minimum Gasteiger partial charge on any atom is -0.368 e. The molecule has 1 fully saturated rings. The fraction of sp³-hybridized carbons (Fsp3) is 0.556. The highest BCUT2D eigenvalue weighted by atomic mass is 16.6. The summed E-state index contributed by atoms with van der Waals surface area (Å²) in [7, 11) is 0. The number of carbonyl (C=O) groups is 2. The SMILES string of the molecule is CC(C)(C)C(=O)NCCC(=O)N1CCN(c2ccc([N+](=O)[O-])cc2)CC1. The summed E-state index contributed by atoms with van der Waals surface area (Å²) >= 11 is 0. The van der Waals surface area contributed by atoms with E-state index < -0.39 is 10.3 Å². The lowest BCUT2D eigenvalue weighted by Gasteiger charge is -2.36. The number of nitro groups is 1. The van der Waals surface area contributed by atoms with Crippen LogP contribution in [0.2, 0.25) is 0 Å². The van der Waals surface area contributed by atoms with Crippen molar-refractivity contribution in [3.8, 4) is 0 Å². The zero-order chi connectivity index (χ0) is 19.3. The lowest BCUT2D eigenvalue weighted by Crippen LogP contribution is -2.49. The highest BCUT2D eigenvalue weighted by molar-refractivity contribution is 5.82. The molecule has 26 heavy (non-hydrogen) atoms. The van der Waals surface area contributed by atoms with Crippen LogP contribution in [0.4, 0.5) is 11.4 Å². The van der Waals surface area contributed by atoms with Crippen molar-refractivity contribution in [1.82, 2.24) is 10.2 Å². The Morgan fingerprint density at radius 1 is 1.12 bits per heavy atom. The van der Waals surface area contributed by atoms with Gasteiger partial charge in [0.05, 0.1) is 4.92 Å². The number of nitrogens with zero attached hydrogens (tertiary/aromatic N) is 3. The van der Waals surface area contributed by atoms with Gasteiger partial charge in [0.1, 0.15) is 0 Å². The number of anilines is 1. The summed E-state index contributed by atoms with van der Waals surface area (Å²) in [6.45, 7) is 8.41. The lowest BCUT2D eigenvalue weighted by molar-refractivity contribution is -0.384. The van der Waals surface area contributed by atoms with Crippen molar-refractivity contribution in [2.45, 2.75) is 27.2 Å². The summed E-state index contributed by atoms with van der Waals surface area (Å²) in [6, 6.07) is 6.45. The monoisotopic (exact) mass is 362 g/mol. The van der Waals surface area contributed by atoms with Crippen LogP contribution in [0.1, 0.15) is 27.2 Å². The smallest absolute Gasteiger partial charge is 0.269 e. The van der Waals surface area contributed by atoms with Crippen molar-refractivity contribution in [3.63, 3.8) is 0 Å². The molecule has 8 nitrogen and oxygen atoms in total. The van der Waals surface area contributed by atoms with Gasteiger partial charge in [0.2, 0.25) is 11.8 Å². The summed E-state index contributed by atoms with van der Waals surface area (Å²) in [6.07, 6.45) is 0.291. The summed E-state index contributed by atoms with van der Waals surface area (Å²) in [5.74, 6) is -0.0316. The first-order valence-corrected chi connectivity index (χ1v) is 8.74. The van der Waals surface area contributed by atoms with Crippen molar-refractivity contribution >= 4 is 23.2 Å². The Bertz CT molecular complexity index is 659. The van der Waals surface area contributed by atoms with E-state index in [1.807, 2.05) is 20.8 Å². The standard InChI is InChI=1S/C18H26N4O4/c1-18(2,3)17(24)19-9-8-16(23)21-12-10-20(11-13-21)14-4-6-15(7-5-14)22(25)26/h4-7H,8-13H2,1-3H3,(H,19,24). The number of amides is 2. The van der Waals surface area contributed by atoms with Crippen molar-refractivity contribution in [2.24, 2.45) is 5.41 Å². The molecule has 0 atom stereocenters. The maximum absolute atomic E-state index is 12.3. The normalized spacial score (nSPS) is 14.9. The average Bonchev–Trinajstić information content (AvgIpc) is 2.61. The molecule has 8 heteroatoms. The number of carbonyl (C=O) groups excluding carboxylic acids is 2. The van der Waals surface area contributed by atoms with Crippen LogP contribution in [0.25, 0.3) is 0 Å². The molecule has 1 N–H and O–H groups in total. The molecule has 1 aliphatic rings. The molecule has 2 amide bonds. The molecule has 0 spiro atoms. The van der Waals surface area contributed by atoms with Crippen molar-refractivity contribution in [1.29, 1.82) is 0 Å². The van der Waals surface area contributed by atoms with Gasteiger partial charge in [0, 0.05) is 62.4 Å². The number of hydrogen-bond donors (Lipinski definition) is 1. The summed E-state index contributed by atoms with van der Waals surface area (Å²) < 4.78 is 0. The molecule has 0 saturated carbocycles. The molecular formula is C18H26N4O4. The fourth-order valence-electron chi connectivity index (χ4n) is 2.71. The Morgan fingerprint density at radius 3 is 2.19 bits per heavy atom. The Balaban J connectivity index is 1.77. The van der Waals surface area contributed by atoms with Crippen molar-refractivity contribution < 1.29 is 14.5 Å². The summed E-state index contributed by atoms with van der Waals surface area (Å²) in [5.41, 5.74) is 0.527. The molecule has 1 aromatic rings. The van der Waals surface area contributed by atoms with Crippen LogP contribution < -0.4 is 10.2 Å². The van der Waals surface area contributed by atoms with Gasteiger partial charge in [-0.15, -0.1) is 0 Å². The van der Waals surface area contributed by atoms with Gasteiger partial charge in [-0.1, -0.05) is 20.8 Å². The largest absolute Gasteiger partial charge is 0.368 e. The highest BCUT2D eigenvalue weighted by Gasteiger charge is 2.23. The van der Waals surface area contributed by atoms with Gasteiger partial charge in [-0.2, -0.15) is 0 Å². The molecule has 1 aliphatic heterocycles. The Hall–Kier alpha value is -2.64. The van der Waals surface area contributed by atoms with Crippen LogP contribution in [0.3, 0.4) is 0 Å². The maximum Gasteiger partial charge on any atom is 0.269 e. The van der Waals surface area contributed by atoms with Gasteiger partial charge in [-0.3, -0.25) is 19.7 Å². The van der Waals surface area contributed by atoms with E-state index in [2.05, 4.69) is 10.2 Å². The van der Waals surface area contributed by atoms with Crippen molar-refractivity contribution in [2.75, 3.05) is 37.6 Å². The van der Waals surface area contributed by atoms with Crippen LogP contribution in [0, 0.1) is 15.5 Å². The highest BCUT2D eigenvalue weighted by Crippen LogP contribution is 2.20. The third kappa shape index (κ3) is 5.18. The van der Waals surface area contributed by atoms with Gasteiger partial charge in [0.15, 0.2) is 0 Å². The Kier molecular flexibility index (Phi) is 6.18. The molecule has 1 heterocycles. The predicted octanol–water partition coefficient (Wildman–Crippen LogP) is 1.80. The van der Waals surface area contributed by atoms with E-state index >= 15 is 0 Å². The third-order valence-corrected chi connectivity index (χ3v) is 4.36. The first-order chi connectivity index (χ1) is 12.2. The number of hydrogen-bond acceptors (Lipinski definition) is 5. The number of piperazine rings is 1. The van der Waals surface area contributed by atoms with Crippen LogP contribution in [-0.2, 0) is 9.59 Å². The maximum atomic E-state index is 12.3. The molecule has 1 saturated heterocycles. The van der Waals surface area contributed by atoms with Crippen LogP contribution >= 0.6 is 0 Å². The molecule has 1 aromatic carbocycles. The lowest BCUT2D eigenvalue weighted by atomic mass is 9.96. The second kappa shape index (κ2) is 8.16. The van der Waals surface area contributed by atoms with E-state index in [4.69, 9.17) is 0 Å². The van der Waals surface area contributed by atoms with Gasteiger partial charge >= 0.3 is 0 Å². The van der Waals surface area contributed by atoms with Crippen LogP contribution in [-0.4, -0.2) is 54.4 Å². The molecule has 0 bridgehead atoms. The van der Waals surface area contributed by atoms with Crippen LogP contribution in [0.5, 0.6) is 0 Å². The van der Waals surface area contributed by atoms with E-state index in [9.17, 15) is 19.7 Å². The molecular weight excluding hydrogens is 336 g/mol. The van der Waals surface area contributed by atoms with Gasteiger partial charge in [0.25, 0.3) is 5.69 Å². The number of benzene rings is 1. The van der Waals surface area contributed by atoms with E-state index in [1.54, 1.807) is 17.0 Å². The molecule has 0 radical (unpaired) electrons. The number of nitro benzene ring substituents is 1. The van der Waals surface area contributed by atoms with E-state index in [0.29, 0.717) is 39.1 Å². The summed E-state index contributed by atoms with van der Waals surface area (Å²) in [4.78, 5) is 38.3. The number of nitrogens with one attached hydrogen (secondary N) is 1. The molecule has 2 rings (SSSR count). The molecule has 0 aliphatic carbocycles. The first kappa shape index (κ1) is 19.7. The van der Waals surface area contributed by atoms with E-state index in [1.165, 1.54) is 12.1 Å². The minimum atomic E-state index is -0.459. The fourth-order valence-corrected chi connectivity index (χ4v) is 2.71. The number of non-ortho nitro benzene ring substituents is 1. The molecule has 0 aromatic heterocycles. The average molecular weight is 362 g/mol. The molecule has 0 unspecified atom stereocenters. The second-order valence-electron chi connectivity index (χ2n) is 7.40. The Morgan fingerprint density at radius 2 is 1.69 bits per heavy atom. The topological polar surface area (TPSA) is 95.8 Å². The van der Waals surface area contributed by atoms with E-state index in [0.717, 1.165) is 5.69 Å². The third-order valence-electron chi connectivity index (χ3n) is 4.36. The summed E-state index contributed by atoms with van der Waals surface area (Å²) in [5, 5.41) is 13.5. The zero-order valence-electron chi connectivity index (χ0n) is 15.5. The van der Waals surface area contributed by atoms with Gasteiger partial charge < -0.3 is 15.1 Å². The second-order valence-corrected chi connectivity index (χ2v) is 7.40. The van der Waals surface area contributed by atoms with Gasteiger partial charge in [-0.25, -0.2) is 0 Å². The first-order valence-electron chi connectivity index (χ1n) is 8.74.